The molecular formula is C38H30F4N10O2. The van der Waals surface area contributed by atoms with Crippen LogP contribution in [0.15, 0.2) is 107 Å². The average molecular weight is 735 g/mol. The van der Waals surface area contributed by atoms with Crippen LogP contribution in [-0.4, -0.2) is 52.4 Å². The summed E-state index contributed by atoms with van der Waals surface area (Å²) in [5.41, 5.74) is 4.30. The molecule has 6 aromatic heterocycles. The number of aromatic nitrogens is 8. The molecule has 8 heterocycles. The van der Waals surface area contributed by atoms with Crippen molar-refractivity contribution in [3.05, 3.63) is 133 Å². The number of oxazole rings is 1. The minimum atomic E-state index is -0.440. The van der Waals surface area contributed by atoms with E-state index in [2.05, 4.69) is 20.3 Å². The largest absolute Gasteiger partial charge is 0.443 e. The molecule has 2 atom stereocenters. The molecule has 2 saturated heterocycles. The molecule has 2 fully saturated rings. The van der Waals surface area contributed by atoms with Gasteiger partial charge in [0.2, 0.25) is 0 Å². The lowest BCUT2D eigenvalue weighted by atomic mass is 10.0. The third kappa shape index (κ3) is 6.08. The Bertz CT molecular complexity index is 2400. The summed E-state index contributed by atoms with van der Waals surface area (Å²) in [6.07, 6.45) is 16.3. The van der Waals surface area contributed by atoms with Crippen LogP contribution in [0, 0.1) is 23.3 Å². The van der Waals surface area contributed by atoms with Crippen LogP contribution in [0.5, 0.6) is 0 Å². The minimum absolute atomic E-state index is 0.252. The van der Waals surface area contributed by atoms with Crippen LogP contribution < -0.4 is 9.80 Å². The van der Waals surface area contributed by atoms with Crippen molar-refractivity contribution in [3.63, 3.8) is 0 Å². The lowest BCUT2D eigenvalue weighted by Gasteiger charge is -2.26. The van der Waals surface area contributed by atoms with Gasteiger partial charge in [-0.1, -0.05) is 5.16 Å². The van der Waals surface area contributed by atoms with Gasteiger partial charge in [0.05, 0.1) is 48.0 Å². The normalized spacial score (nSPS) is 17.1. The number of nitrogens with zero attached hydrogens (tertiary/aromatic N) is 10. The van der Waals surface area contributed by atoms with Crippen molar-refractivity contribution < 1.29 is 26.5 Å². The number of rotatable bonds is 6. The first-order chi connectivity index (χ1) is 26.4. The molecule has 2 aromatic carbocycles. The molecule has 16 heteroatoms. The highest BCUT2D eigenvalue weighted by atomic mass is 19.1. The molecule has 0 saturated carbocycles. The summed E-state index contributed by atoms with van der Waals surface area (Å²) in [7, 11) is 0. The minimum Gasteiger partial charge on any atom is -0.443 e. The summed E-state index contributed by atoms with van der Waals surface area (Å²) in [4.78, 5) is 17.4. The van der Waals surface area contributed by atoms with Crippen LogP contribution in [0.3, 0.4) is 0 Å². The van der Waals surface area contributed by atoms with Gasteiger partial charge in [-0.2, -0.15) is 10.2 Å². The van der Waals surface area contributed by atoms with Crippen molar-refractivity contribution in [2.24, 2.45) is 0 Å². The van der Waals surface area contributed by atoms with E-state index in [4.69, 9.17) is 18.9 Å². The first-order valence-electron chi connectivity index (χ1n) is 17.3. The van der Waals surface area contributed by atoms with Crippen molar-refractivity contribution in [2.75, 3.05) is 22.9 Å². The fraction of sp³-hybridized carbons (Fsp3) is 0.211. The Balaban J connectivity index is 0.000000142. The van der Waals surface area contributed by atoms with Crippen molar-refractivity contribution >= 4 is 22.9 Å². The Kier molecular flexibility index (Phi) is 8.48. The number of anilines is 2. The Labute approximate surface area is 304 Å². The SMILES string of the molecule is Fc1ccc(F)c(C2CCCN2c2ccn3ncc(-c4cnco4)c3n2)c1.Fc1ccc(F)c(C2CCCN2c2ccn3ncc(-c4cnoc4)c3n2)c1. The van der Waals surface area contributed by atoms with Crippen molar-refractivity contribution in [1.82, 2.24) is 39.3 Å². The third-order valence-corrected chi connectivity index (χ3v) is 9.88. The van der Waals surface area contributed by atoms with E-state index in [1.807, 2.05) is 28.1 Å². The molecule has 2 aliphatic heterocycles. The van der Waals surface area contributed by atoms with Gasteiger partial charge < -0.3 is 18.7 Å². The van der Waals surface area contributed by atoms with Crippen molar-refractivity contribution in [2.45, 2.75) is 37.8 Å². The summed E-state index contributed by atoms with van der Waals surface area (Å²) < 4.78 is 69.6. The number of hydrogen-bond donors (Lipinski definition) is 0. The van der Waals surface area contributed by atoms with Crippen LogP contribution in [-0.2, 0) is 0 Å². The summed E-state index contributed by atoms with van der Waals surface area (Å²) in [6, 6.07) is 10.3. The fourth-order valence-corrected chi connectivity index (χ4v) is 7.37. The maximum absolute atomic E-state index is 14.3. The maximum Gasteiger partial charge on any atom is 0.181 e. The zero-order valence-electron chi connectivity index (χ0n) is 28.4. The van der Waals surface area contributed by atoms with E-state index in [0.29, 0.717) is 39.8 Å². The number of fused-ring (bicyclic) bond motifs is 2. The van der Waals surface area contributed by atoms with Crippen molar-refractivity contribution in [3.8, 4) is 22.5 Å². The highest BCUT2D eigenvalue weighted by Crippen LogP contribution is 2.39. The van der Waals surface area contributed by atoms with Crippen LogP contribution in [0.4, 0.5) is 29.2 Å². The molecule has 10 rings (SSSR count). The topological polar surface area (TPSA) is 119 Å². The van der Waals surface area contributed by atoms with Gasteiger partial charge in [0.1, 0.15) is 41.2 Å². The smallest absolute Gasteiger partial charge is 0.181 e. The molecule has 0 spiro atoms. The Morgan fingerprint density at radius 2 is 1.22 bits per heavy atom. The average Bonchev–Trinajstić information content (AvgIpc) is 4.04. The number of hydrogen-bond acceptors (Lipinski definition) is 10. The predicted molar refractivity (Wildman–Crippen MR) is 188 cm³/mol. The van der Waals surface area contributed by atoms with E-state index >= 15 is 0 Å². The molecule has 8 aromatic rings. The zero-order chi connectivity index (χ0) is 36.8. The van der Waals surface area contributed by atoms with E-state index < -0.39 is 23.3 Å². The number of halogens is 4. The summed E-state index contributed by atoms with van der Waals surface area (Å²) in [5, 5.41) is 12.3. The molecule has 0 amide bonds. The van der Waals surface area contributed by atoms with Gasteiger partial charge >= 0.3 is 0 Å². The molecule has 0 radical (unpaired) electrons. The first-order valence-corrected chi connectivity index (χ1v) is 17.3. The lowest BCUT2D eigenvalue weighted by molar-refractivity contribution is 0.420. The van der Waals surface area contributed by atoms with Crippen molar-refractivity contribution in [1.29, 1.82) is 0 Å². The summed E-state index contributed by atoms with van der Waals surface area (Å²) in [5.74, 6) is 0.285. The van der Waals surface area contributed by atoms with E-state index in [-0.39, 0.29) is 12.1 Å². The van der Waals surface area contributed by atoms with E-state index in [1.54, 1.807) is 40.0 Å². The maximum atomic E-state index is 14.3. The van der Waals surface area contributed by atoms with E-state index in [9.17, 15) is 17.6 Å². The van der Waals surface area contributed by atoms with Gasteiger partial charge in [0.25, 0.3) is 0 Å². The molecule has 54 heavy (non-hydrogen) atoms. The van der Waals surface area contributed by atoms with E-state index in [0.717, 1.165) is 67.6 Å². The Hall–Kier alpha value is -6.58. The summed E-state index contributed by atoms with van der Waals surface area (Å²) >= 11 is 0. The fourth-order valence-electron chi connectivity index (χ4n) is 7.37. The monoisotopic (exact) mass is 734 g/mol. The molecule has 0 aliphatic carbocycles. The second-order valence-corrected chi connectivity index (χ2v) is 13.0. The van der Waals surface area contributed by atoms with Gasteiger partial charge in [-0.25, -0.2) is 41.5 Å². The van der Waals surface area contributed by atoms with Gasteiger partial charge in [-0.3, -0.25) is 0 Å². The molecule has 0 bridgehead atoms. The summed E-state index contributed by atoms with van der Waals surface area (Å²) in [6.45, 7) is 1.44. The van der Waals surface area contributed by atoms with Gasteiger partial charge in [-0.15, -0.1) is 0 Å². The molecule has 2 aliphatic rings. The van der Waals surface area contributed by atoms with Crippen LogP contribution in [0.1, 0.15) is 48.9 Å². The van der Waals surface area contributed by atoms with E-state index in [1.165, 1.54) is 36.9 Å². The number of benzene rings is 2. The molecule has 272 valence electrons. The second kappa shape index (κ2) is 13.8. The molecular weight excluding hydrogens is 704 g/mol. The molecule has 0 N–H and O–H groups in total. The molecule has 12 nitrogen and oxygen atoms in total. The quantitative estimate of drug-likeness (QED) is 0.156. The second-order valence-electron chi connectivity index (χ2n) is 13.0. The zero-order valence-corrected chi connectivity index (χ0v) is 28.4. The van der Waals surface area contributed by atoms with Crippen LogP contribution in [0.25, 0.3) is 33.7 Å². The van der Waals surface area contributed by atoms with Crippen LogP contribution in [0.2, 0.25) is 0 Å². The molecule has 2 unspecified atom stereocenters. The highest BCUT2D eigenvalue weighted by molar-refractivity contribution is 5.77. The third-order valence-electron chi connectivity index (χ3n) is 9.88. The van der Waals surface area contributed by atoms with Gasteiger partial charge in [-0.05, 0) is 74.2 Å². The standard InChI is InChI=1S/2C19H15F2N5O/c20-13-3-4-16(21)14(8-13)17-2-1-6-25(17)18-5-7-26-19(24-18)15(10-22-26)12-9-23-27-11-12;20-12-3-4-15(21)13(8-12)16-2-1-6-25(16)18-5-7-26-19(24-18)14(9-23-26)17-10-22-11-27-17/h3-5,7-11,17H,1-2,6H2;3-5,7-11,16H,1-2,6H2. The Morgan fingerprint density at radius 1 is 0.648 bits per heavy atom. The lowest BCUT2D eigenvalue weighted by Crippen LogP contribution is -2.24. The predicted octanol–water partition coefficient (Wildman–Crippen LogP) is 8.01. The Morgan fingerprint density at radius 3 is 1.76 bits per heavy atom. The first kappa shape index (κ1) is 33.3. The van der Waals surface area contributed by atoms with Gasteiger partial charge in [0.15, 0.2) is 23.4 Å². The van der Waals surface area contributed by atoms with Crippen LogP contribution >= 0.6 is 0 Å². The van der Waals surface area contributed by atoms with Gasteiger partial charge in [0, 0.05) is 42.2 Å². The highest BCUT2D eigenvalue weighted by Gasteiger charge is 2.31.